The maximum Gasteiger partial charge on any atom is 0.193 e. The van der Waals surface area contributed by atoms with Crippen LogP contribution in [-0.4, -0.2) is 19.7 Å². The Labute approximate surface area is 102 Å². The molecule has 0 saturated carbocycles. The monoisotopic (exact) mass is 245 g/mol. The molecule has 17 heavy (non-hydrogen) atoms. The number of thiazole rings is 1. The minimum absolute atomic E-state index is 0.0796. The second-order valence-corrected chi connectivity index (χ2v) is 4.78. The number of fused-ring (bicyclic) bond motifs is 1. The van der Waals surface area contributed by atoms with Crippen LogP contribution in [-0.2, 0) is 6.54 Å². The van der Waals surface area contributed by atoms with Gasteiger partial charge in [-0.2, -0.15) is 0 Å². The lowest BCUT2D eigenvalue weighted by molar-refractivity contribution is 0.100. The lowest BCUT2D eigenvalue weighted by Gasteiger charge is -2.03. The van der Waals surface area contributed by atoms with E-state index in [1.54, 1.807) is 18.3 Å². The summed E-state index contributed by atoms with van der Waals surface area (Å²) in [7, 11) is 0. The van der Waals surface area contributed by atoms with Crippen molar-refractivity contribution < 1.29 is 4.79 Å². The van der Waals surface area contributed by atoms with Crippen molar-refractivity contribution >= 4 is 22.1 Å². The number of carbonyl (C=O) groups excluding carboxylic acids is 1. The number of nitrogens with zero attached hydrogens (tertiary/aromatic N) is 3. The van der Waals surface area contributed by atoms with Gasteiger partial charge in [0.1, 0.15) is 0 Å². The van der Waals surface area contributed by atoms with Crippen LogP contribution in [0.2, 0.25) is 0 Å². The summed E-state index contributed by atoms with van der Waals surface area (Å²) in [6.07, 6.45) is 5.89. The number of Topliss-reactive ketones (excluding diaryl/α,β-unsaturated/α-hetero) is 1. The molecule has 3 aromatic rings. The molecule has 0 aliphatic carbocycles. The van der Waals surface area contributed by atoms with Crippen molar-refractivity contribution in [1.82, 2.24) is 14.0 Å². The smallest absolute Gasteiger partial charge is 0.193 e. The third kappa shape index (κ3) is 1.78. The lowest BCUT2D eigenvalue weighted by Crippen LogP contribution is -2.06. The van der Waals surface area contributed by atoms with Crippen LogP contribution in [0.5, 0.6) is 0 Å². The van der Waals surface area contributed by atoms with Gasteiger partial charge >= 0.3 is 0 Å². The fourth-order valence-corrected chi connectivity index (χ4v) is 2.62. The number of hydrogen-bond acceptors (Lipinski definition) is 3. The van der Waals surface area contributed by atoms with E-state index in [1.165, 1.54) is 0 Å². The third-order valence-electron chi connectivity index (χ3n) is 2.67. The molecule has 0 atom stereocenters. The van der Waals surface area contributed by atoms with E-state index in [9.17, 15) is 4.79 Å². The Balaban J connectivity index is 1.94. The minimum Gasteiger partial charge on any atom is -0.339 e. The summed E-state index contributed by atoms with van der Waals surface area (Å²) in [5.74, 6) is 0.0796. The van der Waals surface area contributed by atoms with Gasteiger partial charge in [-0.05, 0) is 12.1 Å². The predicted octanol–water partition coefficient (Wildman–Crippen LogP) is 2.45. The van der Waals surface area contributed by atoms with Crippen LogP contribution in [0, 0.1) is 0 Å². The molecule has 0 bridgehead atoms. The second kappa shape index (κ2) is 3.85. The summed E-state index contributed by atoms with van der Waals surface area (Å²) in [4.78, 5) is 16.9. The zero-order chi connectivity index (χ0) is 11.8. The molecule has 3 rings (SSSR count). The summed E-state index contributed by atoms with van der Waals surface area (Å²) in [5, 5.41) is 2.00. The van der Waals surface area contributed by atoms with Crippen LogP contribution < -0.4 is 0 Å². The largest absolute Gasteiger partial charge is 0.339 e. The zero-order valence-electron chi connectivity index (χ0n) is 9.33. The van der Waals surface area contributed by atoms with Crippen molar-refractivity contribution in [3.8, 4) is 0 Å². The molecule has 0 aliphatic heterocycles. The van der Waals surface area contributed by atoms with Crippen LogP contribution in [0.4, 0.5) is 0 Å². The molecule has 86 valence electrons. The minimum atomic E-state index is 0.0796. The molecule has 0 spiro atoms. The quantitative estimate of drug-likeness (QED) is 0.665. The van der Waals surface area contributed by atoms with E-state index in [2.05, 4.69) is 4.98 Å². The van der Waals surface area contributed by atoms with Gasteiger partial charge in [0.15, 0.2) is 10.7 Å². The SMILES string of the molecule is CC(=O)c1cccn1Cc1cn2ccsc2n1. The molecule has 3 aromatic heterocycles. The number of hydrogen-bond donors (Lipinski definition) is 0. The van der Waals surface area contributed by atoms with Gasteiger partial charge in [0, 0.05) is 30.9 Å². The Morgan fingerprint density at radius 1 is 1.47 bits per heavy atom. The number of imidazole rings is 1. The first-order valence-corrected chi connectivity index (χ1v) is 6.19. The molecule has 4 nitrogen and oxygen atoms in total. The summed E-state index contributed by atoms with van der Waals surface area (Å²) in [6.45, 7) is 2.22. The van der Waals surface area contributed by atoms with Gasteiger partial charge in [-0.1, -0.05) is 0 Å². The normalized spacial score (nSPS) is 11.1. The van der Waals surface area contributed by atoms with Crippen LogP contribution in [0.1, 0.15) is 23.1 Å². The van der Waals surface area contributed by atoms with E-state index in [-0.39, 0.29) is 5.78 Å². The molecule has 0 aliphatic rings. The molecule has 0 saturated heterocycles. The fraction of sp³-hybridized carbons (Fsp3) is 0.167. The molecule has 0 unspecified atom stereocenters. The highest BCUT2D eigenvalue weighted by atomic mass is 32.1. The van der Waals surface area contributed by atoms with Gasteiger partial charge in [-0.3, -0.25) is 9.20 Å². The summed E-state index contributed by atoms with van der Waals surface area (Å²) in [6, 6.07) is 3.72. The van der Waals surface area contributed by atoms with E-state index in [1.807, 2.05) is 45.1 Å². The van der Waals surface area contributed by atoms with Crippen molar-refractivity contribution in [2.45, 2.75) is 13.5 Å². The first-order chi connectivity index (χ1) is 8.24. The maximum atomic E-state index is 11.4. The highest BCUT2D eigenvalue weighted by molar-refractivity contribution is 7.15. The first-order valence-electron chi connectivity index (χ1n) is 5.31. The number of carbonyl (C=O) groups is 1. The topological polar surface area (TPSA) is 39.3 Å². The summed E-state index contributed by atoms with van der Waals surface area (Å²) < 4.78 is 3.92. The van der Waals surface area contributed by atoms with Gasteiger partial charge in [-0.15, -0.1) is 11.3 Å². The van der Waals surface area contributed by atoms with Crippen molar-refractivity contribution in [2.24, 2.45) is 0 Å². The number of ketones is 1. The zero-order valence-corrected chi connectivity index (χ0v) is 10.1. The molecule has 0 radical (unpaired) electrons. The van der Waals surface area contributed by atoms with Crippen LogP contribution >= 0.6 is 11.3 Å². The highest BCUT2D eigenvalue weighted by Gasteiger charge is 2.08. The molecule has 0 amide bonds. The lowest BCUT2D eigenvalue weighted by atomic mass is 10.3. The van der Waals surface area contributed by atoms with Gasteiger partial charge in [0.25, 0.3) is 0 Å². The Bertz CT molecular complexity index is 648. The van der Waals surface area contributed by atoms with Crippen molar-refractivity contribution in [1.29, 1.82) is 0 Å². The molecule has 3 heterocycles. The van der Waals surface area contributed by atoms with Gasteiger partial charge in [0.2, 0.25) is 0 Å². The van der Waals surface area contributed by atoms with Crippen LogP contribution in [0.15, 0.2) is 36.1 Å². The molecule has 5 heteroatoms. The Morgan fingerprint density at radius 3 is 3.12 bits per heavy atom. The standard InChI is InChI=1S/C12H11N3OS/c1-9(16)11-3-2-4-14(11)7-10-8-15-5-6-17-12(15)13-10/h2-6,8H,7H2,1H3. The fourth-order valence-electron chi connectivity index (χ4n) is 1.90. The molecule has 0 aromatic carbocycles. The van der Waals surface area contributed by atoms with Crippen LogP contribution in [0.3, 0.4) is 0 Å². The Hall–Kier alpha value is -1.88. The predicted molar refractivity (Wildman–Crippen MR) is 66.6 cm³/mol. The third-order valence-corrected chi connectivity index (χ3v) is 3.44. The number of aromatic nitrogens is 3. The molecule has 0 fully saturated rings. The molecule has 0 N–H and O–H groups in total. The maximum absolute atomic E-state index is 11.4. The first kappa shape index (κ1) is 10.3. The van der Waals surface area contributed by atoms with Crippen molar-refractivity contribution in [2.75, 3.05) is 0 Å². The van der Waals surface area contributed by atoms with Gasteiger partial charge in [-0.25, -0.2) is 4.98 Å². The Morgan fingerprint density at radius 2 is 2.35 bits per heavy atom. The van der Waals surface area contributed by atoms with Crippen molar-refractivity contribution in [3.63, 3.8) is 0 Å². The molecular formula is C12H11N3OS. The highest BCUT2D eigenvalue weighted by Crippen LogP contribution is 2.13. The average Bonchev–Trinajstić information content (AvgIpc) is 2.91. The molecular weight excluding hydrogens is 234 g/mol. The van der Waals surface area contributed by atoms with Crippen molar-refractivity contribution in [3.05, 3.63) is 47.5 Å². The summed E-state index contributed by atoms with van der Waals surface area (Å²) in [5.41, 5.74) is 1.69. The van der Waals surface area contributed by atoms with E-state index >= 15 is 0 Å². The van der Waals surface area contributed by atoms with Crippen LogP contribution in [0.25, 0.3) is 4.96 Å². The van der Waals surface area contributed by atoms with E-state index in [0.717, 1.165) is 16.3 Å². The summed E-state index contributed by atoms with van der Waals surface area (Å²) >= 11 is 1.61. The van der Waals surface area contributed by atoms with E-state index in [0.29, 0.717) is 6.54 Å². The Kier molecular flexibility index (Phi) is 2.33. The van der Waals surface area contributed by atoms with Gasteiger partial charge in [0.05, 0.1) is 17.9 Å². The second-order valence-electron chi connectivity index (χ2n) is 3.90. The number of rotatable bonds is 3. The van der Waals surface area contributed by atoms with E-state index < -0.39 is 0 Å². The average molecular weight is 245 g/mol. The van der Waals surface area contributed by atoms with Gasteiger partial charge < -0.3 is 4.57 Å². The van der Waals surface area contributed by atoms with E-state index in [4.69, 9.17) is 0 Å².